The molecule has 1 fully saturated rings. The summed E-state index contributed by atoms with van der Waals surface area (Å²) in [6.07, 6.45) is 1.57. The van der Waals surface area contributed by atoms with Crippen LogP contribution in [0.2, 0.25) is 0 Å². The molecule has 1 atom stereocenters. The molecule has 1 aromatic heterocycles. The van der Waals surface area contributed by atoms with Crippen LogP contribution in [0.4, 0.5) is 0 Å². The lowest BCUT2D eigenvalue weighted by Gasteiger charge is -2.21. The maximum Gasteiger partial charge on any atom is 0.244 e. The molecule has 1 saturated heterocycles. The third-order valence-electron chi connectivity index (χ3n) is 3.26. The number of nitrogens with zero attached hydrogens (tertiary/aromatic N) is 1. The molecule has 6 heteroatoms. The molecular weight excluding hydrogens is 294 g/mol. The number of rotatable bonds is 3. The molecule has 2 heterocycles. The van der Waals surface area contributed by atoms with Gasteiger partial charge in [-0.25, -0.2) is 8.42 Å². The van der Waals surface area contributed by atoms with Gasteiger partial charge in [-0.3, -0.25) is 0 Å². The molecule has 0 saturated carbocycles. The lowest BCUT2D eigenvalue weighted by atomic mass is 10.2. The van der Waals surface area contributed by atoms with Crippen LogP contribution in [-0.2, 0) is 10.0 Å². The molecule has 2 aromatic rings. The van der Waals surface area contributed by atoms with Crippen molar-refractivity contribution in [1.82, 2.24) is 4.31 Å². The van der Waals surface area contributed by atoms with Crippen LogP contribution in [0.1, 0.15) is 16.7 Å². The molecule has 20 heavy (non-hydrogen) atoms. The summed E-state index contributed by atoms with van der Waals surface area (Å²) in [6.45, 7) is 2.44. The molecule has 0 spiro atoms. The Morgan fingerprint density at radius 1 is 1.25 bits per heavy atom. The van der Waals surface area contributed by atoms with Crippen molar-refractivity contribution in [1.29, 1.82) is 0 Å². The molecule has 3 rings (SSSR count). The summed E-state index contributed by atoms with van der Waals surface area (Å²) in [5.74, 6) is 1.46. The van der Waals surface area contributed by atoms with Crippen molar-refractivity contribution >= 4 is 21.8 Å². The Labute approximate surface area is 122 Å². The van der Waals surface area contributed by atoms with Gasteiger partial charge in [-0.1, -0.05) is 17.7 Å². The summed E-state index contributed by atoms with van der Waals surface area (Å²) in [6, 6.07) is 10.6. The van der Waals surface area contributed by atoms with Gasteiger partial charge in [0.05, 0.1) is 11.2 Å². The number of benzene rings is 1. The number of hydrogen-bond donors (Lipinski definition) is 0. The van der Waals surface area contributed by atoms with Gasteiger partial charge in [0, 0.05) is 12.3 Å². The summed E-state index contributed by atoms with van der Waals surface area (Å²) in [4.78, 5) is 0.335. The molecule has 1 aromatic carbocycles. The van der Waals surface area contributed by atoms with E-state index in [1.807, 2.05) is 25.1 Å². The van der Waals surface area contributed by atoms with Crippen molar-refractivity contribution in [3.63, 3.8) is 0 Å². The number of sulfonamides is 1. The van der Waals surface area contributed by atoms with E-state index in [1.165, 1.54) is 4.31 Å². The van der Waals surface area contributed by atoms with Crippen molar-refractivity contribution in [3.8, 4) is 0 Å². The Morgan fingerprint density at radius 3 is 2.65 bits per heavy atom. The van der Waals surface area contributed by atoms with Crippen LogP contribution in [0.25, 0.3) is 0 Å². The van der Waals surface area contributed by atoms with Crippen LogP contribution in [0, 0.1) is 6.92 Å². The highest BCUT2D eigenvalue weighted by molar-refractivity contribution is 8.00. The average molecular weight is 309 g/mol. The minimum absolute atomic E-state index is 0.267. The molecule has 106 valence electrons. The summed E-state index contributed by atoms with van der Waals surface area (Å²) >= 11 is 1.59. The van der Waals surface area contributed by atoms with E-state index in [2.05, 4.69) is 0 Å². The third kappa shape index (κ3) is 2.39. The van der Waals surface area contributed by atoms with Crippen LogP contribution in [-0.4, -0.2) is 25.0 Å². The van der Waals surface area contributed by atoms with E-state index in [0.717, 1.165) is 11.3 Å². The monoisotopic (exact) mass is 309 g/mol. The zero-order chi connectivity index (χ0) is 14.2. The van der Waals surface area contributed by atoms with Gasteiger partial charge in [-0.05, 0) is 31.2 Å². The van der Waals surface area contributed by atoms with Gasteiger partial charge in [-0.15, -0.1) is 11.8 Å². The number of aryl methyl sites for hydroxylation is 1. The topological polar surface area (TPSA) is 50.5 Å². The van der Waals surface area contributed by atoms with E-state index in [4.69, 9.17) is 4.42 Å². The molecule has 1 aliphatic heterocycles. The standard InChI is InChI=1S/C14H15NO3S2/c1-11-4-6-12(7-5-11)20(16,17)15-8-10-19-14(15)13-3-2-9-18-13/h2-7,9,14H,8,10H2,1H3/t14-/m0/s1. The molecule has 0 unspecified atom stereocenters. The molecule has 0 aliphatic carbocycles. The lowest BCUT2D eigenvalue weighted by molar-refractivity contribution is 0.383. The van der Waals surface area contributed by atoms with Crippen LogP contribution < -0.4 is 0 Å². The van der Waals surface area contributed by atoms with Crippen LogP contribution in [0.15, 0.2) is 52.0 Å². The maximum absolute atomic E-state index is 12.7. The van der Waals surface area contributed by atoms with E-state index >= 15 is 0 Å². The Morgan fingerprint density at radius 2 is 2.00 bits per heavy atom. The van der Waals surface area contributed by atoms with Gasteiger partial charge in [0.25, 0.3) is 0 Å². The molecule has 0 N–H and O–H groups in total. The van der Waals surface area contributed by atoms with Gasteiger partial charge >= 0.3 is 0 Å². The summed E-state index contributed by atoms with van der Waals surface area (Å²) in [5, 5.41) is -0.267. The second kappa shape index (κ2) is 5.27. The van der Waals surface area contributed by atoms with Crippen LogP contribution in [0.3, 0.4) is 0 Å². The fraction of sp³-hybridized carbons (Fsp3) is 0.286. The molecule has 0 radical (unpaired) electrons. The normalized spacial score (nSPS) is 20.4. The van der Waals surface area contributed by atoms with Crippen molar-refractivity contribution in [2.45, 2.75) is 17.2 Å². The summed E-state index contributed by atoms with van der Waals surface area (Å²) < 4.78 is 32.3. The van der Waals surface area contributed by atoms with Crippen molar-refractivity contribution in [2.75, 3.05) is 12.3 Å². The van der Waals surface area contributed by atoms with Crippen LogP contribution in [0.5, 0.6) is 0 Å². The second-order valence-electron chi connectivity index (χ2n) is 4.67. The molecule has 1 aliphatic rings. The van der Waals surface area contributed by atoms with Gasteiger partial charge in [0.1, 0.15) is 11.1 Å². The van der Waals surface area contributed by atoms with Crippen LogP contribution >= 0.6 is 11.8 Å². The number of furan rings is 1. The highest BCUT2D eigenvalue weighted by atomic mass is 32.2. The smallest absolute Gasteiger partial charge is 0.244 e. The SMILES string of the molecule is Cc1ccc(S(=O)(=O)N2CCS[C@H]2c2ccco2)cc1. The predicted octanol–water partition coefficient (Wildman–Crippen LogP) is 3.02. The average Bonchev–Trinajstić information content (AvgIpc) is 3.10. The second-order valence-corrected chi connectivity index (χ2v) is 7.75. The minimum atomic E-state index is -3.48. The Hall–Kier alpha value is -1.24. The molecule has 0 bridgehead atoms. The fourth-order valence-corrected chi connectivity index (χ4v) is 5.37. The minimum Gasteiger partial charge on any atom is -0.467 e. The van der Waals surface area contributed by atoms with Gasteiger partial charge in [0.2, 0.25) is 10.0 Å². The van der Waals surface area contributed by atoms with Gasteiger partial charge < -0.3 is 4.42 Å². The summed E-state index contributed by atoms with van der Waals surface area (Å²) in [7, 11) is -3.48. The summed E-state index contributed by atoms with van der Waals surface area (Å²) in [5.41, 5.74) is 1.04. The first-order valence-corrected chi connectivity index (χ1v) is 8.81. The number of thioether (sulfide) groups is 1. The van der Waals surface area contributed by atoms with E-state index < -0.39 is 10.0 Å². The zero-order valence-electron chi connectivity index (χ0n) is 11.0. The van der Waals surface area contributed by atoms with E-state index in [0.29, 0.717) is 17.2 Å². The van der Waals surface area contributed by atoms with Gasteiger partial charge in [0.15, 0.2) is 0 Å². The first-order valence-electron chi connectivity index (χ1n) is 6.32. The highest BCUT2D eigenvalue weighted by Crippen LogP contribution is 2.41. The van der Waals surface area contributed by atoms with Crippen molar-refractivity contribution in [2.24, 2.45) is 0 Å². The van der Waals surface area contributed by atoms with Crippen molar-refractivity contribution in [3.05, 3.63) is 54.0 Å². The fourth-order valence-electron chi connectivity index (χ4n) is 2.20. The van der Waals surface area contributed by atoms with Gasteiger partial charge in [-0.2, -0.15) is 4.31 Å². The zero-order valence-corrected chi connectivity index (χ0v) is 12.7. The first kappa shape index (κ1) is 13.7. The van der Waals surface area contributed by atoms with E-state index in [-0.39, 0.29) is 5.37 Å². The first-order chi connectivity index (χ1) is 9.59. The highest BCUT2D eigenvalue weighted by Gasteiger charge is 2.38. The largest absolute Gasteiger partial charge is 0.467 e. The predicted molar refractivity (Wildman–Crippen MR) is 79.0 cm³/mol. The lowest BCUT2D eigenvalue weighted by Crippen LogP contribution is -2.30. The molecule has 4 nitrogen and oxygen atoms in total. The maximum atomic E-state index is 12.7. The molecular formula is C14H15NO3S2. The number of hydrogen-bond acceptors (Lipinski definition) is 4. The van der Waals surface area contributed by atoms with E-state index in [1.54, 1.807) is 36.2 Å². The third-order valence-corrected chi connectivity index (χ3v) is 6.50. The Bertz CT molecular complexity index is 678. The Balaban J connectivity index is 1.96. The molecule has 0 amide bonds. The quantitative estimate of drug-likeness (QED) is 0.874. The Kier molecular flexibility index (Phi) is 3.62. The van der Waals surface area contributed by atoms with Crippen molar-refractivity contribution < 1.29 is 12.8 Å². The van der Waals surface area contributed by atoms with E-state index in [9.17, 15) is 8.42 Å².